The molecule has 0 heterocycles. The zero-order valence-corrected chi connectivity index (χ0v) is 21.4. The Hall–Kier alpha value is -3.27. The van der Waals surface area contributed by atoms with Crippen LogP contribution in [0.15, 0.2) is 109 Å². The molecule has 36 heavy (non-hydrogen) atoms. The van der Waals surface area contributed by atoms with Crippen molar-refractivity contribution in [2.24, 2.45) is 0 Å². The Morgan fingerprint density at radius 2 is 1.00 bits per heavy atom. The van der Waals surface area contributed by atoms with Crippen LogP contribution in [0, 0.1) is 0 Å². The van der Waals surface area contributed by atoms with Gasteiger partial charge in [-0.3, -0.25) is 4.79 Å². The predicted octanol–water partition coefficient (Wildman–Crippen LogP) is 7.76. The van der Waals surface area contributed by atoms with Crippen LogP contribution in [-0.2, 0) is 18.0 Å². The first-order chi connectivity index (χ1) is 17.7. The van der Waals surface area contributed by atoms with E-state index < -0.39 is 11.8 Å². The minimum Gasteiger partial charge on any atom is -0.489 e. The molecule has 0 amide bonds. The van der Waals surface area contributed by atoms with Crippen molar-refractivity contribution in [2.75, 3.05) is 11.8 Å². The molecule has 4 aromatic carbocycles. The molecule has 0 aliphatic heterocycles. The van der Waals surface area contributed by atoms with Crippen molar-refractivity contribution >= 4 is 29.0 Å². The number of rotatable bonds is 12. The van der Waals surface area contributed by atoms with Gasteiger partial charge in [0.15, 0.2) is 0 Å². The lowest BCUT2D eigenvalue weighted by Crippen LogP contribution is -2.23. The maximum Gasteiger partial charge on any atom is 0.150 e. The number of Topliss-reactive ketones (excluding diaryl/α,β-unsaturated/α-hetero) is 1. The Bertz CT molecular complexity index is 1150. The fraction of sp³-hybridized carbons (Fsp3) is 0.194. The summed E-state index contributed by atoms with van der Waals surface area (Å²) in [5, 5.41) is 0. The Balaban J connectivity index is 1.47. The number of ketones is 1. The Morgan fingerprint density at radius 3 is 1.39 bits per heavy atom. The Kier molecular flexibility index (Phi) is 9.43. The number of halogens is 2. The van der Waals surface area contributed by atoms with Crippen LogP contribution in [-0.4, -0.2) is 17.5 Å². The van der Waals surface area contributed by atoms with E-state index in [1.807, 2.05) is 109 Å². The lowest BCUT2D eigenvalue weighted by molar-refractivity contribution is -0.121. The summed E-state index contributed by atoms with van der Waals surface area (Å²) < 4.78 is 11.9. The number of ether oxygens (including phenoxy) is 2. The maximum absolute atomic E-state index is 13.6. The largest absolute Gasteiger partial charge is 0.489 e. The molecule has 4 rings (SSSR count). The summed E-state index contributed by atoms with van der Waals surface area (Å²) in [6, 6.07) is 35.0. The molecule has 0 radical (unpaired) electrons. The maximum atomic E-state index is 13.6. The van der Waals surface area contributed by atoms with Gasteiger partial charge in [0, 0.05) is 11.8 Å². The lowest BCUT2D eigenvalue weighted by Gasteiger charge is -2.21. The second-order valence-corrected chi connectivity index (χ2v) is 9.13. The van der Waals surface area contributed by atoms with Crippen LogP contribution in [0.25, 0.3) is 0 Å². The summed E-state index contributed by atoms with van der Waals surface area (Å²) in [4.78, 5) is 13.6. The van der Waals surface area contributed by atoms with Gasteiger partial charge in [0.25, 0.3) is 0 Å². The highest BCUT2D eigenvalue weighted by atomic mass is 35.5. The first kappa shape index (κ1) is 25.8. The van der Waals surface area contributed by atoms with Crippen molar-refractivity contribution in [3.8, 4) is 11.5 Å². The van der Waals surface area contributed by atoms with E-state index in [2.05, 4.69) is 0 Å². The molecule has 184 valence electrons. The normalized spacial score (nSPS) is 12.5. The monoisotopic (exact) mass is 518 g/mol. The van der Waals surface area contributed by atoms with Crippen LogP contribution >= 0.6 is 23.2 Å². The smallest absolute Gasteiger partial charge is 0.150 e. The zero-order chi connectivity index (χ0) is 25.2. The van der Waals surface area contributed by atoms with Gasteiger partial charge in [-0.05, 0) is 46.5 Å². The molecular weight excluding hydrogens is 491 g/mol. The number of carbonyl (C=O) groups is 1. The molecule has 0 spiro atoms. The summed E-state index contributed by atoms with van der Waals surface area (Å²) in [6.07, 6.45) is 0. The molecule has 2 unspecified atom stereocenters. The van der Waals surface area contributed by atoms with Crippen LogP contribution in [0.4, 0.5) is 0 Å². The number of carbonyl (C=O) groups excluding carboxylic acids is 1. The molecule has 3 nitrogen and oxygen atoms in total. The molecule has 4 aromatic rings. The average molecular weight is 519 g/mol. The molecule has 0 aliphatic carbocycles. The van der Waals surface area contributed by atoms with Crippen LogP contribution in [0.3, 0.4) is 0 Å². The van der Waals surface area contributed by atoms with E-state index in [0.717, 1.165) is 22.3 Å². The predicted molar refractivity (Wildman–Crippen MR) is 146 cm³/mol. The molecule has 2 atom stereocenters. The molecular formula is C31H28Cl2O3. The van der Waals surface area contributed by atoms with Gasteiger partial charge in [0.05, 0.1) is 11.8 Å². The van der Waals surface area contributed by atoms with E-state index in [-0.39, 0.29) is 17.5 Å². The fourth-order valence-corrected chi connectivity index (χ4v) is 4.69. The van der Waals surface area contributed by atoms with E-state index >= 15 is 0 Å². The molecule has 0 aromatic heterocycles. The van der Waals surface area contributed by atoms with Gasteiger partial charge in [0.1, 0.15) is 30.5 Å². The summed E-state index contributed by atoms with van der Waals surface area (Å²) in [7, 11) is 0. The first-order valence-corrected chi connectivity index (χ1v) is 12.9. The quantitative estimate of drug-likeness (QED) is 0.180. The van der Waals surface area contributed by atoms with E-state index in [1.165, 1.54) is 0 Å². The van der Waals surface area contributed by atoms with Crippen LogP contribution in [0.2, 0.25) is 0 Å². The van der Waals surface area contributed by atoms with Gasteiger partial charge >= 0.3 is 0 Å². The summed E-state index contributed by atoms with van der Waals surface area (Å²) in [5.41, 5.74) is 3.77. The molecule has 5 heteroatoms. The second kappa shape index (κ2) is 13.2. The van der Waals surface area contributed by atoms with Crippen molar-refractivity contribution < 1.29 is 14.3 Å². The molecule has 0 bridgehead atoms. The number of benzene rings is 4. The molecule has 0 saturated heterocycles. The molecule has 0 aliphatic rings. The Labute approximate surface area is 222 Å². The SMILES string of the molecule is O=C(C(CCl)c1cccc(OCc2ccccc2)c1)C(CCl)c1cccc(OCc2ccccc2)c1. The standard InChI is InChI=1S/C31H28Cl2O3/c32-19-29(25-13-7-15-27(17-25)35-21-23-9-3-1-4-10-23)31(34)30(20-33)26-14-8-16-28(18-26)36-22-24-11-5-2-6-12-24/h1-18,29-30H,19-22H2. The van der Waals surface area contributed by atoms with Gasteiger partial charge in [-0.15, -0.1) is 23.2 Å². The molecule has 0 saturated carbocycles. The third kappa shape index (κ3) is 6.90. The highest BCUT2D eigenvalue weighted by Crippen LogP contribution is 2.32. The summed E-state index contributed by atoms with van der Waals surface area (Å²) in [5.74, 6) is 0.641. The van der Waals surface area contributed by atoms with Gasteiger partial charge in [-0.1, -0.05) is 84.9 Å². The van der Waals surface area contributed by atoms with Crippen molar-refractivity contribution in [3.63, 3.8) is 0 Å². The Morgan fingerprint density at radius 1 is 0.583 bits per heavy atom. The van der Waals surface area contributed by atoms with Crippen molar-refractivity contribution in [1.82, 2.24) is 0 Å². The summed E-state index contributed by atoms with van der Waals surface area (Å²) >= 11 is 12.7. The van der Waals surface area contributed by atoms with Crippen molar-refractivity contribution in [2.45, 2.75) is 25.0 Å². The minimum atomic E-state index is -0.510. The topological polar surface area (TPSA) is 35.5 Å². The van der Waals surface area contributed by atoms with Crippen molar-refractivity contribution in [3.05, 3.63) is 131 Å². The van der Waals surface area contributed by atoms with Crippen LogP contribution in [0.5, 0.6) is 11.5 Å². The van der Waals surface area contributed by atoms with E-state index in [4.69, 9.17) is 32.7 Å². The van der Waals surface area contributed by atoms with Crippen LogP contribution in [0.1, 0.15) is 34.1 Å². The second-order valence-electron chi connectivity index (χ2n) is 8.51. The number of alkyl halides is 2. The first-order valence-electron chi connectivity index (χ1n) is 11.9. The van der Waals surface area contributed by atoms with Gasteiger partial charge in [-0.25, -0.2) is 0 Å². The molecule has 0 N–H and O–H groups in total. The van der Waals surface area contributed by atoms with E-state index in [9.17, 15) is 4.79 Å². The fourth-order valence-electron chi connectivity index (χ4n) is 4.03. The van der Waals surface area contributed by atoms with Gasteiger partial charge in [-0.2, -0.15) is 0 Å². The number of hydrogen-bond acceptors (Lipinski definition) is 3. The highest BCUT2D eigenvalue weighted by Gasteiger charge is 2.29. The minimum absolute atomic E-state index is 0.0274. The van der Waals surface area contributed by atoms with E-state index in [0.29, 0.717) is 24.7 Å². The average Bonchev–Trinajstić information content (AvgIpc) is 2.93. The zero-order valence-electron chi connectivity index (χ0n) is 19.9. The number of hydrogen-bond donors (Lipinski definition) is 0. The van der Waals surface area contributed by atoms with Gasteiger partial charge in [0.2, 0.25) is 0 Å². The molecule has 0 fully saturated rings. The van der Waals surface area contributed by atoms with Gasteiger partial charge < -0.3 is 9.47 Å². The highest BCUT2D eigenvalue weighted by molar-refractivity contribution is 6.22. The van der Waals surface area contributed by atoms with Crippen molar-refractivity contribution in [1.29, 1.82) is 0 Å². The third-order valence-corrected chi connectivity index (χ3v) is 6.63. The third-order valence-electron chi connectivity index (χ3n) is 6.01. The van der Waals surface area contributed by atoms with E-state index in [1.54, 1.807) is 0 Å². The van der Waals surface area contributed by atoms with Crippen LogP contribution < -0.4 is 9.47 Å². The summed E-state index contributed by atoms with van der Waals surface area (Å²) in [6.45, 7) is 0.897. The lowest BCUT2D eigenvalue weighted by atomic mass is 9.85.